The maximum Gasteiger partial charge on any atom is 0.0502 e. The van der Waals surface area contributed by atoms with Gasteiger partial charge >= 0.3 is 0 Å². The molecule has 0 saturated carbocycles. The summed E-state index contributed by atoms with van der Waals surface area (Å²) in [7, 11) is 0. The van der Waals surface area contributed by atoms with E-state index in [-0.39, 0.29) is 11.3 Å². The molecule has 4 aliphatic carbocycles. The second kappa shape index (κ2) is 17.2. The van der Waals surface area contributed by atoms with Crippen molar-refractivity contribution in [2.45, 2.75) is 77.0 Å². The molecule has 2 nitrogen and oxygen atoms in total. The molecule has 330 valence electrons. The summed E-state index contributed by atoms with van der Waals surface area (Å²) in [5.41, 5.74) is 17.6. The average molecular weight is 869 g/mol. The summed E-state index contributed by atoms with van der Waals surface area (Å²) >= 11 is 0. The molecule has 7 aromatic rings. The predicted molar refractivity (Wildman–Crippen MR) is 286 cm³/mol. The number of rotatable bonds is 10. The van der Waals surface area contributed by atoms with E-state index in [9.17, 15) is 0 Å². The fourth-order valence-electron chi connectivity index (χ4n) is 11.8. The average Bonchev–Trinajstić information content (AvgIpc) is 3.63. The summed E-state index contributed by atoms with van der Waals surface area (Å²) in [6.07, 6.45) is 27.0. The highest BCUT2D eigenvalue weighted by Gasteiger charge is 2.45. The van der Waals surface area contributed by atoms with Crippen molar-refractivity contribution in [2.24, 2.45) is 5.41 Å². The Morgan fingerprint density at radius 1 is 0.657 bits per heavy atom. The Kier molecular flexibility index (Phi) is 10.9. The Balaban J connectivity index is 1.07. The molecule has 0 amide bonds. The molecule has 0 aromatic heterocycles. The van der Waals surface area contributed by atoms with Gasteiger partial charge in [-0.05, 0) is 153 Å². The van der Waals surface area contributed by atoms with E-state index in [1.807, 2.05) is 0 Å². The zero-order chi connectivity index (χ0) is 45.7. The summed E-state index contributed by atoms with van der Waals surface area (Å²) in [6, 6.07) is 58.8. The van der Waals surface area contributed by atoms with Gasteiger partial charge in [-0.1, -0.05) is 185 Å². The summed E-state index contributed by atoms with van der Waals surface area (Å²) in [6.45, 7) is 11.8. The maximum absolute atomic E-state index is 2.57. The van der Waals surface area contributed by atoms with Gasteiger partial charge < -0.3 is 9.80 Å². The highest BCUT2D eigenvalue weighted by molar-refractivity contribution is 6.03. The fourth-order valence-corrected chi connectivity index (χ4v) is 11.8. The Labute approximate surface area is 398 Å². The molecule has 0 N–H and O–H groups in total. The summed E-state index contributed by atoms with van der Waals surface area (Å²) in [5, 5.41) is 2.62. The molecular weight excluding hydrogens is 809 g/mol. The van der Waals surface area contributed by atoms with E-state index in [1.54, 1.807) is 0 Å². The van der Waals surface area contributed by atoms with Crippen LogP contribution in [0.2, 0.25) is 0 Å². The highest BCUT2D eigenvalue weighted by atomic mass is 15.2. The standard InChI is InChI=1S/C65H60N2/c1-6-7-8-11-25-48-44-64(3,4)59-36-22-37-61(63(48)59)66(49-27-12-9-13-28-49)52-38-39-65(5)60(42-52)53-32-17-16-24-47(53)41-62(65)67(50-29-14-10-15-30-50)51-31-21-26-46(40-51)58-43-57-45(2)23-20-35-55(57)54-33-18-19-34-56(54)58/h7-22,24-43,45,48,60H,6,23,44H2,1-5H3/b8-7-,25-11-. The SMILES string of the molecule is CC/C=C\C=C/C1CC(C)(C)c2cccc(N(C3=CC4c5ccccc5C=C(N(c5ccccc5)c5cccc(-c6cc7c(c8ccccc68)C=CCC7C)c5)C4(C)C=C3)c3ccccc3)c21. The van der Waals surface area contributed by atoms with E-state index >= 15 is 0 Å². The van der Waals surface area contributed by atoms with E-state index in [0.29, 0.717) is 11.8 Å². The summed E-state index contributed by atoms with van der Waals surface area (Å²) in [4.78, 5) is 5.07. The third kappa shape index (κ3) is 7.44. The minimum atomic E-state index is -0.399. The van der Waals surface area contributed by atoms with Crippen LogP contribution < -0.4 is 9.80 Å². The number of fused-ring (bicyclic) bond motifs is 7. The van der Waals surface area contributed by atoms with Crippen LogP contribution in [0.25, 0.3) is 34.1 Å². The second-order valence-corrected chi connectivity index (χ2v) is 19.9. The van der Waals surface area contributed by atoms with Gasteiger partial charge in [0.05, 0.1) is 5.69 Å². The Morgan fingerprint density at radius 3 is 2.15 bits per heavy atom. The largest absolute Gasteiger partial charge is 0.313 e. The monoisotopic (exact) mass is 868 g/mol. The normalized spacial score (nSPS) is 21.1. The van der Waals surface area contributed by atoms with Crippen LogP contribution in [0.3, 0.4) is 0 Å². The van der Waals surface area contributed by atoms with Gasteiger partial charge in [0.15, 0.2) is 0 Å². The second-order valence-electron chi connectivity index (χ2n) is 19.9. The first-order valence-corrected chi connectivity index (χ1v) is 24.5. The van der Waals surface area contributed by atoms with E-state index in [1.165, 1.54) is 72.4 Å². The van der Waals surface area contributed by atoms with Gasteiger partial charge in [0.2, 0.25) is 0 Å². The molecule has 67 heavy (non-hydrogen) atoms. The summed E-state index contributed by atoms with van der Waals surface area (Å²) < 4.78 is 0. The van der Waals surface area contributed by atoms with Crippen molar-refractivity contribution in [3.05, 3.63) is 251 Å². The van der Waals surface area contributed by atoms with Crippen molar-refractivity contribution in [2.75, 3.05) is 9.80 Å². The number of hydrogen-bond acceptors (Lipinski definition) is 2. The van der Waals surface area contributed by atoms with E-state index in [4.69, 9.17) is 0 Å². The number of hydrogen-bond donors (Lipinski definition) is 0. The third-order valence-corrected chi connectivity index (χ3v) is 15.1. The van der Waals surface area contributed by atoms with Crippen molar-refractivity contribution in [3.63, 3.8) is 0 Å². The highest BCUT2D eigenvalue weighted by Crippen LogP contribution is 2.57. The van der Waals surface area contributed by atoms with Crippen LogP contribution in [-0.4, -0.2) is 0 Å². The predicted octanol–water partition coefficient (Wildman–Crippen LogP) is 17.9. The molecule has 0 fully saturated rings. The molecule has 0 aliphatic heterocycles. The van der Waals surface area contributed by atoms with Gasteiger partial charge in [-0.25, -0.2) is 0 Å². The minimum absolute atomic E-state index is 0.0477. The van der Waals surface area contributed by atoms with Gasteiger partial charge in [0, 0.05) is 45.7 Å². The first-order valence-electron chi connectivity index (χ1n) is 24.5. The molecule has 7 aromatic carbocycles. The molecule has 4 unspecified atom stereocenters. The van der Waals surface area contributed by atoms with Crippen LogP contribution in [-0.2, 0) is 5.41 Å². The van der Waals surface area contributed by atoms with Gasteiger partial charge in [0.25, 0.3) is 0 Å². The van der Waals surface area contributed by atoms with Crippen molar-refractivity contribution in [1.82, 2.24) is 0 Å². The van der Waals surface area contributed by atoms with Crippen LogP contribution in [0.5, 0.6) is 0 Å². The fraction of sp³-hybridized carbons (Fsp3) is 0.200. The molecule has 0 spiro atoms. The lowest BCUT2D eigenvalue weighted by Crippen LogP contribution is -2.38. The number of allylic oxidation sites excluding steroid dienone is 8. The maximum atomic E-state index is 2.57. The smallest absolute Gasteiger partial charge is 0.0502 e. The molecule has 4 atom stereocenters. The van der Waals surface area contributed by atoms with Crippen LogP contribution in [0.4, 0.5) is 22.7 Å². The zero-order valence-corrected chi connectivity index (χ0v) is 39.5. The van der Waals surface area contributed by atoms with Crippen LogP contribution in [0, 0.1) is 5.41 Å². The van der Waals surface area contributed by atoms with Crippen LogP contribution in [0.15, 0.2) is 218 Å². The molecule has 0 heterocycles. The lowest BCUT2D eigenvalue weighted by Gasteiger charge is -2.47. The van der Waals surface area contributed by atoms with E-state index in [0.717, 1.165) is 36.3 Å². The Morgan fingerprint density at radius 2 is 1.36 bits per heavy atom. The molecule has 0 bridgehead atoms. The molecule has 2 heteroatoms. The molecular formula is C65H60N2. The Bertz CT molecular complexity index is 3190. The quantitative estimate of drug-likeness (QED) is 0.126. The van der Waals surface area contributed by atoms with Gasteiger partial charge in [-0.2, -0.15) is 0 Å². The molecule has 0 saturated heterocycles. The van der Waals surface area contributed by atoms with Crippen molar-refractivity contribution in [1.29, 1.82) is 0 Å². The van der Waals surface area contributed by atoms with Crippen LogP contribution in [0.1, 0.15) is 105 Å². The lowest BCUT2D eigenvalue weighted by molar-refractivity contribution is 0.439. The molecule has 11 rings (SSSR count). The van der Waals surface area contributed by atoms with Crippen molar-refractivity contribution in [3.8, 4) is 11.1 Å². The number of benzene rings is 7. The van der Waals surface area contributed by atoms with E-state index in [2.05, 4.69) is 263 Å². The van der Waals surface area contributed by atoms with Crippen LogP contribution >= 0.6 is 0 Å². The van der Waals surface area contributed by atoms with Gasteiger partial charge in [-0.15, -0.1) is 0 Å². The van der Waals surface area contributed by atoms with Gasteiger partial charge in [0.1, 0.15) is 0 Å². The summed E-state index contributed by atoms with van der Waals surface area (Å²) in [5.74, 6) is 0.810. The lowest BCUT2D eigenvalue weighted by atomic mass is 9.64. The third-order valence-electron chi connectivity index (χ3n) is 15.1. The first-order chi connectivity index (χ1) is 32.7. The van der Waals surface area contributed by atoms with Crippen molar-refractivity contribution >= 4 is 45.7 Å². The topological polar surface area (TPSA) is 6.48 Å². The Hall–Kier alpha value is -7.16. The van der Waals surface area contributed by atoms with Crippen molar-refractivity contribution < 1.29 is 0 Å². The molecule has 0 radical (unpaired) electrons. The number of anilines is 4. The molecule has 4 aliphatic rings. The first kappa shape index (κ1) is 42.5. The number of nitrogens with zero attached hydrogens (tertiary/aromatic N) is 2. The van der Waals surface area contributed by atoms with E-state index < -0.39 is 5.41 Å². The van der Waals surface area contributed by atoms with Gasteiger partial charge in [-0.3, -0.25) is 0 Å². The minimum Gasteiger partial charge on any atom is -0.313 e. The number of para-hydroxylation sites is 2. The zero-order valence-electron chi connectivity index (χ0n) is 39.5.